The van der Waals surface area contributed by atoms with E-state index in [1.54, 1.807) is 20.8 Å². The molecule has 2 rings (SSSR count). The summed E-state index contributed by atoms with van der Waals surface area (Å²) in [6.07, 6.45) is -0.181. The lowest BCUT2D eigenvalue weighted by Gasteiger charge is -2.19. The third-order valence-electron chi connectivity index (χ3n) is 3.68. The third kappa shape index (κ3) is 4.44. The number of carbonyl (C=O) groups excluding carboxylic acids is 2. The summed E-state index contributed by atoms with van der Waals surface area (Å²) in [4.78, 5) is 26.9. The van der Waals surface area contributed by atoms with Crippen LogP contribution >= 0.6 is 0 Å². The van der Waals surface area contributed by atoms with Gasteiger partial charge in [-0.1, -0.05) is 0 Å². The molecule has 3 N–H and O–H groups in total. The van der Waals surface area contributed by atoms with Crippen molar-refractivity contribution in [2.24, 2.45) is 0 Å². The molecule has 8 heteroatoms. The summed E-state index contributed by atoms with van der Waals surface area (Å²) in [6.45, 7) is 5.58. The second-order valence-electron chi connectivity index (χ2n) is 6.77. The molecule has 0 spiro atoms. The zero-order valence-electron chi connectivity index (χ0n) is 15.6. The SMILES string of the molecule is CNC(=O)c1[nH]c2cc(F)c(OC)cc2c1CCNC(=O)OC(C)(C)C. The van der Waals surface area contributed by atoms with Crippen molar-refractivity contribution < 1.29 is 23.5 Å². The molecule has 0 aliphatic rings. The minimum absolute atomic E-state index is 0.0845. The number of hydrogen-bond acceptors (Lipinski definition) is 4. The zero-order chi connectivity index (χ0) is 19.5. The van der Waals surface area contributed by atoms with E-state index in [1.807, 2.05) is 0 Å². The average molecular weight is 365 g/mol. The first kappa shape index (κ1) is 19.6. The van der Waals surface area contributed by atoms with E-state index in [-0.39, 0.29) is 18.2 Å². The van der Waals surface area contributed by atoms with Gasteiger partial charge in [0.2, 0.25) is 0 Å². The van der Waals surface area contributed by atoms with E-state index in [0.29, 0.717) is 28.6 Å². The Balaban J connectivity index is 2.28. The Morgan fingerprint density at radius 2 is 1.96 bits per heavy atom. The predicted octanol–water partition coefficient (Wildman–Crippen LogP) is 2.74. The predicted molar refractivity (Wildman–Crippen MR) is 96.1 cm³/mol. The van der Waals surface area contributed by atoms with Gasteiger partial charge in [-0.05, 0) is 38.8 Å². The van der Waals surface area contributed by atoms with Crippen molar-refractivity contribution in [3.05, 3.63) is 29.2 Å². The first-order valence-corrected chi connectivity index (χ1v) is 8.23. The van der Waals surface area contributed by atoms with Gasteiger partial charge in [-0.15, -0.1) is 0 Å². The second kappa shape index (κ2) is 7.63. The van der Waals surface area contributed by atoms with Gasteiger partial charge in [0.1, 0.15) is 11.3 Å². The number of aromatic amines is 1. The zero-order valence-corrected chi connectivity index (χ0v) is 15.6. The number of hydrogen-bond donors (Lipinski definition) is 3. The number of methoxy groups -OCH3 is 1. The number of halogens is 1. The summed E-state index contributed by atoms with van der Waals surface area (Å²) in [5.41, 5.74) is 0.868. The van der Waals surface area contributed by atoms with E-state index in [2.05, 4.69) is 15.6 Å². The molecule has 26 heavy (non-hydrogen) atoms. The van der Waals surface area contributed by atoms with Crippen molar-refractivity contribution in [1.82, 2.24) is 15.6 Å². The van der Waals surface area contributed by atoms with Crippen LogP contribution in [0.25, 0.3) is 10.9 Å². The molecule has 0 saturated carbocycles. The maximum absolute atomic E-state index is 13.9. The fourth-order valence-electron chi connectivity index (χ4n) is 2.59. The standard InChI is InChI=1S/C18H24FN3O4/c1-18(2,3)26-17(24)21-7-6-10-11-8-14(25-5)12(19)9-13(11)22-15(10)16(23)20-4/h8-9,22H,6-7H2,1-5H3,(H,20,23)(H,21,24). The monoisotopic (exact) mass is 365 g/mol. The number of carbonyl (C=O) groups is 2. The largest absolute Gasteiger partial charge is 0.494 e. The summed E-state index contributed by atoms with van der Waals surface area (Å²) in [7, 11) is 2.89. The lowest BCUT2D eigenvalue weighted by Crippen LogP contribution is -2.33. The number of fused-ring (bicyclic) bond motifs is 1. The van der Waals surface area contributed by atoms with E-state index in [1.165, 1.54) is 26.3 Å². The van der Waals surface area contributed by atoms with Crippen LogP contribution in [-0.4, -0.2) is 43.3 Å². The average Bonchev–Trinajstić information content (AvgIpc) is 2.89. The highest BCUT2D eigenvalue weighted by Crippen LogP contribution is 2.29. The van der Waals surface area contributed by atoms with E-state index in [4.69, 9.17) is 9.47 Å². The molecule has 0 atom stereocenters. The smallest absolute Gasteiger partial charge is 0.407 e. The molecule has 2 aromatic rings. The minimum Gasteiger partial charge on any atom is -0.494 e. The van der Waals surface area contributed by atoms with Crippen molar-refractivity contribution in [1.29, 1.82) is 0 Å². The van der Waals surface area contributed by atoms with Gasteiger partial charge in [0, 0.05) is 30.6 Å². The van der Waals surface area contributed by atoms with Gasteiger partial charge in [-0.3, -0.25) is 4.79 Å². The molecule has 1 aromatic heterocycles. The van der Waals surface area contributed by atoms with Crippen molar-refractivity contribution in [3.63, 3.8) is 0 Å². The second-order valence-corrected chi connectivity index (χ2v) is 6.77. The summed E-state index contributed by atoms with van der Waals surface area (Å²) in [5.74, 6) is -0.766. The van der Waals surface area contributed by atoms with Crippen LogP contribution < -0.4 is 15.4 Å². The van der Waals surface area contributed by atoms with Crippen molar-refractivity contribution in [2.75, 3.05) is 20.7 Å². The van der Waals surface area contributed by atoms with Gasteiger partial charge >= 0.3 is 6.09 Å². The molecule has 0 unspecified atom stereocenters. The number of alkyl carbamates (subject to hydrolysis) is 1. The van der Waals surface area contributed by atoms with Crippen LogP contribution in [0.3, 0.4) is 0 Å². The number of benzene rings is 1. The number of rotatable bonds is 5. The Kier molecular flexibility index (Phi) is 5.74. The molecule has 1 heterocycles. The van der Waals surface area contributed by atoms with Crippen molar-refractivity contribution in [2.45, 2.75) is 32.8 Å². The minimum atomic E-state index is -0.594. The summed E-state index contributed by atoms with van der Waals surface area (Å²) < 4.78 is 24.2. The molecule has 1 aromatic carbocycles. The molecule has 0 aliphatic heterocycles. The third-order valence-corrected chi connectivity index (χ3v) is 3.68. The van der Waals surface area contributed by atoms with Crippen LogP contribution in [0.1, 0.15) is 36.8 Å². The lowest BCUT2D eigenvalue weighted by atomic mass is 10.1. The summed E-state index contributed by atoms with van der Waals surface area (Å²) in [6, 6.07) is 2.82. The van der Waals surface area contributed by atoms with Crippen LogP contribution in [0.4, 0.5) is 9.18 Å². The van der Waals surface area contributed by atoms with E-state index in [0.717, 1.165) is 0 Å². The topological polar surface area (TPSA) is 92.5 Å². The van der Waals surface area contributed by atoms with Gasteiger partial charge in [0.05, 0.1) is 7.11 Å². The Labute approximate surface area is 151 Å². The molecule has 0 bridgehead atoms. The van der Waals surface area contributed by atoms with Gasteiger partial charge in [0.15, 0.2) is 11.6 Å². The van der Waals surface area contributed by atoms with E-state index in [9.17, 15) is 14.0 Å². The van der Waals surface area contributed by atoms with Gasteiger partial charge in [-0.25, -0.2) is 9.18 Å². The highest BCUT2D eigenvalue weighted by atomic mass is 19.1. The van der Waals surface area contributed by atoms with E-state index < -0.39 is 17.5 Å². The quantitative estimate of drug-likeness (QED) is 0.760. The molecule has 7 nitrogen and oxygen atoms in total. The number of ether oxygens (including phenoxy) is 2. The first-order chi connectivity index (χ1) is 12.2. The van der Waals surface area contributed by atoms with Crippen molar-refractivity contribution in [3.8, 4) is 5.75 Å². The van der Waals surface area contributed by atoms with Crippen LogP contribution in [0.15, 0.2) is 12.1 Å². The molecule has 142 valence electrons. The maximum Gasteiger partial charge on any atom is 0.407 e. The van der Waals surface area contributed by atoms with Gasteiger partial charge in [-0.2, -0.15) is 0 Å². The van der Waals surface area contributed by atoms with Crippen molar-refractivity contribution >= 4 is 22.9 Å². The highest BCUT2D eigenvalue weighted by molar-refractivity contribution is 6.01. The number of aromatic nitrogens is 1. The molecule has 0 saturated heterocycles. The van der Waals surface area contributed by atoms with Gasteiger partial charge < -0.3 is 25.1 Å². The van der Waals surface area contributed by atoms with Crippen LogP contribution in [0.5, 0.6) is 5.75 Å². The number of amides is 2. The highest BCUT2D eigenvalue weighted by Gasteiger charge is 2.20. The normalized spacial score (nSPS) is 11.3. The maximum atomic E-state index is 13.9. The molecule has 0 fully saturated rings. The van der Waals surface area contributed by atoms with Crippen LogP contribution in [0.2, 0.25) is 0 Å². The first-order valence-electron chi connectivity index (χ1n) is 8.23. The number of nitrogens with one attached hydrogen (secondary N) is 3. The molecule has 2 amide bonds. The summed E-state index contributed by atoms with van der Waals surface area (Å²) >= 11 is 0. The molecule has 0 aliphatic carbocycles. The summed E-state index contributed by atoms with van der Waals surface area (Å²) in [5, 5.41) is 5.86. The molecular weight excluding hydrogens is 341 g/mol. The Morgan fingerprint density at radius 1 is 1.27 bits per heavy atom. The Bertz CT molecular complexity index is 824. The van der Waals surface area contributed by atoms with Crippen LogP contribution in [0, 0.1) is 5.82 Å². The van der Waals surface area contributed by atoms with Crippen LogP contribution in [-0.2, 0) is 11.2 Å². The number of H-pyrrole nitrogens is 1. The molecular formula is C18H24FN3O4. The Morgan fingerprint density at radius 3 is 2.54 bits per heavy atom. The molecule has 0 radical (unpaired) electrons. The van der Waals surface area contributed by atoms with Gasteiger partial charge in [0.25, 0.3) is 5.91 Å². The fraction of sp³-hybridized carbons (Fsp3) is 0.444. The van der Waals surface area contributed by atoms with E-state index >= 15 is 0 Å². The Hall–Kier alpha value is -2.77. The fourth-order valence-corrected chi connectivity index (χ4v) is 2.59. The lowest BCUT2D eigenvalue weighted by molar-refractivity contribution is 0.0528.